The Kier molecular flexibility index (Phi) is 2.15. The maximum absolute atomic E-state index is 12.4. The molecule has 0 spiro atoms. The molecule has 0 bridgehead atoms. The molecule has 2 N–H and O–H groups in total. The van der Waals surface area contributed by atoms with Crippen LogP contribution in [0.2, 0.25) is 0 Å². The number of nitrogens with zero attached hydrogens (tertiary/aromatic N) is 1. The maximum atomic E-state index is 12.4. The Bertz CT molecular complexity index is 551. The molecule has 1 aromatic carbocycles. The fraction of sp³-hybridized carbons (Fsp3) is 0.100. The van der Waals surface area contributed by atoms with Crippen molar-refractivity contribution in [3.05, 3.63) is 30.0 Å². The molecular weight excluding hydrogens is 223 g/mol. The van der Waals surface area contributed by atoms with Crippen molar-refractivity contribution in [2.45, 2.75) is 6.18 Å². The number of phenolic OH excluding ortho intramolecular Hbond substituents is 1. The number of rotatable bonds is 0. The molecule has 0 fully saturated rings. The first kappa shape index (κ1) is 10.5. The predicted octanol–water partition coefficient (Wildman–Crippen LogP) is 2.66. The van der Waals surface area contributed by atoms with Crippen LogP contribution < -0.4 is 0 Å². The lowest BCUT2D eigenvalue weighted by Crippen LogP contribution is -2.07. The standard InChI is InChI=1S/C10H6F3NO2/c11-10(12,13)8-4-7(16)5-2-1-3-6(15)9(5)14-8/h1-4,15H,(H,14,16). The van der Waals surface area contributed by atoms with E-state index in [4.69, 9.17) is 0 Å². The molecule has 3 nitrogen and oxygen atoms in total. The fourth-order valence-electron chi connectivity index (χ4n) is 1.36. The number of aromatic hydroxyl groups is 2. The zero-order valence-electron chi connectivity index (χ0n) is 7.78. The number of hydrogen-bond acceptors (Lipinski definition) is 3. The highest BCUT2D eigenvalue weighted by Gasteiger charge is 2.33. The summed E-state index contributed by atoms with van der Waals surface area (Å²) in [7, 11) is 0. The number of pyridine rings is 1. The molecule has 0 unspecified atom stereocenters. The van der Waals surface area contributed by atoms with Crippen LogP contribution in [0, 0.1) is 0 Å². The molecule has 0 saturated heterocycles. The van der Waals surface area contributed by atoms with Gasteiger partial charge in [-0.3, -0.25) is 0 Å². The quantitative estimate of drug-likeness (QED) is 0.730. The second kappa shape index (κ2) is 3.26. The molecule has 0 radical (unpaired) electrons. The molecule has 16 heavy (non-hydrogen) atoms. The van der Waals surface area contributed by atoms with Crippen LogP contribution in [0.1, 0.15) is 5.69 Å². The molecule has 0 saturated carbocycles. The van der Waals surface area contributed by atoms with E-state index in [0.29, 0.717) is 6.07 Å². The molecule has 6 heteroatoms. The van der Waals surface area contributed by atoms with Crippen LogP contribution in [-0.4, -0.2) is 15.2 Å². The van der Waals surface area contributed by atoms with E-state index in [1.165, 1.54) is 18.2 Å². The van der Waals surface area contributed by atoms with E-state index in [-0.39, 0.29) is 10.9 Å². The number of fused-ring (bicyclic) bond motifs is 1. The van der Waals surface area contributed by atoms with Gasteiger partial charge in [0.2, 0.25) is 0 Å². The minimum atomic E-state index is -4.66. The fourth-order valence-corrected chi connectivity index (χ4v) is 1.36. The Morgan fingerprint density at radius 3 is 2.38 bits per heavy atom. The Balaban J connectivity index is 2.81. The van der Waals surface area contributed by atoms with E-state index >= 15 is 0 Å². The molecule has 0 aliphatic rings. The third-order valence-corrected chi connectivity index (χ3v) is 2.09. The summed E-state index contributed by atoms with van der Waals surface area (Å²) < 4.78 is 37.1. The second-order valence-electron chi connectivity index (χ2n) is 3.20. The van der Waals surface area contributed by atoms with Gasteiger partial charge in [-0.15, -0.1) is 0 Å². The van der Waals surface area contributed by atoms with E-state index in [0.717, 1.165) is 0 Å². The number of benzene rings is 1. The van der Waals surface area contributed by atoms with Crippen molar-refractivity contribution in [3.63, 3.8) is 0 Å². The van der Waals surface area contributed by atoms with Crippen molar-refractivity contribution in [2.24, 2.45) is 0 Å². The molecular formula is C10H6F3NO2. The van der Waals surface area contributed by atoms with Crippen LogP contribution in [0.25, 0.3) is 10.9 Å². The summed E-state index contributed by atoms with van der Waals surface area (Å²) in [4.78, 5) is 3.27. The van der Waals surface area contributed by atoms with Gasteiger partial charge in [0.05, 0.1) is 0 Å². The Hall–Kier alpha value is -1.98. The van der Waals surface area contributed by atoms with Gasteiger partial charge < -0.3 is 10.2 Å². The first-order chi connectivity index (χ1) is 7.39. The van der Waals surface area contributed by atoms with Crippen molar-refractivity contribution in [1.29, 1.82) is 0 Å². The topological polar surface area (TPSA) is 53.4 Å². The smallest absolute Gasteiger partial charge is 0.433 e. The average Bonchev–Trinajstić information content (AvgIpc) is 2.18. The van der Waals surface area contributed by atoms with Crippen LogP contribution >= 0.6 is 0 Å². The highest BCUT2D eigenvalue weighted by Crippen LogP contribution is 2.35. The number of aromatic nitrogens is 1. The van der Waals surface area contributed by atoms with Crippen LogP contribution in [0.3, 0.4) is 0 Å². The molecule has 2 rings (SSSR count). The Labute approximate surface area is 87.8 Å². The molecule has 0 amide bonds. The summed E-state index contributed by atoms with van der Waals surface area (Å²) in [5.74, 6) is -0.966. The van der Waals surface area contributed by atoms with Gasteiger partial charge in [-0.2, -0.15) is 13.2 Å². The SMILES string of the molecule is Oc1cc(C(F)(F)F)nc2c(O)cccc12. The lowest BCUT2D eigenvalue weighted by atomic mass is 10.1. The normalized spacial score (nSPS) is 11.9. The van der Waals surface area contributed by atoms with Gasteiger partial charge in [0.1, 0.15) is 22.7 Å². The predicted molar refractivity (Wildman–Crippen MR) is 50.1 cm³/mol. The molecule has 0 atom stereocenters. The van der Waals surface area contributed by atoms with E-state index < -0.39 is 23.4 Å². The number of phenols is 1. The zero-order chi connectivity index (χ0) is 11.9. The summed E-state index contributed by atoms with van der Waals surface area (Å²) in [6, 6.07) is 4.51. The molecule has 84 valence electrons. The third kappa shape index (κ3) is 1.62. The van der Waals surface area contributed by atoms with Crippen LogP contribution in [0.4, 0.5) is 13.2 Å². The highest BCUT2D eigenvalue weighted by atomic mass is 19.4. The van der Waals surface area contributed by atoms with Gasteiger partial charge in [0.15, 0.2) is 0 Å². The van der Waals surface area contributed by atoms with Gasteiger partial charge in [-0.05, 0) is 12.1 Å². The minimum Gasteiger partial charge on any atom is -0.507 e. The van der Waals surface area contributed by atoms with Gasteiger partial charge in [0, 0.05) is 11.5 Å². The highest BCUT2D eigenvalue weighted by molar-refractivity contribution is 5.89. The Morgan fingerprint density at radius 2 is 1.75 bits per heavy atom. The van der Waals surface area contributed by atoms with Crippen molar-refractivity contribution in [2.75, 3.05) is 0 Å². The van der Waals surface area contributed by atoms with Gasteiger partial charge in [-0.25, -0.2) is 4.98 Å². The van der Waals surface area contributed by atoms with Gasteiger partial charge >= 0.3 is 6.18 Å². The van der Waals surface area contributed by atoms with E-state index in [1.807, 2.05) is 0 Å². The first-order valence-electron chi connectivity index (χ1n) is 4.28. The monoisotopic (exact) mass is 229 g/mol. The second-order valence-corrected chi connectivity index (χ2v) is 3.20. The number of para-hydroxylation sites is 1. The number of hydrogen-bond donors (Lipinski definition) is 2. The largest absolute Gasteiger partial charge is 0.507 e. The molecule has 0 aliphatic heterocycles. The van der Waals surface area contributed by atoms with Gasteiger partial charge in [-0.1, -0.05) is 6.07 Å². The van der Waals surface area contributed by atoms with Crippen LogP contribution in [0.5, 0.6) is 11.5 Å². The third-order valence-electron chi connectivity index (χ3n) is 2.09. The summed E-state index contributed by atoms with van der Waals surface area (Å²) in [6.45, 7) is 0. The van der Waals surface area contributed by atoms with Crippen molar-refractivity contribution < 1.29 is 23.4 Å². The summed E-state index contributed by atoms with van der Waals surface area (Å²) in [5, 5.41) is 18.8. The summed E-state index contributed by atoms with van der Waals surface area (Å²) in [5.41, 5.74) is -1.51. The average molecular weight is 229 g/mol. The zero-order valence-corrected chi connectivity index (χ0v) is 7.78. The van der Waals surface area contributed by atoms with Crippen molar-refractivity contribution >= 4 is 10.9 Å². The van der Waals surface area contributed by atoms with Crippen LogP contribution in [-0.2, 0) is 6.18 Å². The number of halogens is 3. The van der Waals surface area contributed by atoms with Crippen molar-refractivity contribution in [3.8, 4) is 11.5 Å². The van der Waals surface area contributed by atoms with Crippen molar-refractivity contribution in [1.82, 2.24) is 4.98 Å². The molecule has 0 aliphatic carbocycles. The van der Waals surface area contributed by atoms with Crippen LogP contribution in [0.15, 0.2) is 24.3 Å². The van der Waals surface area contributed by atoms with E-state index in [1.54, 1.807) is 0 Å². The maximum Gasteiger partial charge on any atom is 0.433 e. The summed E-state index contributed by atoms with van der Waals surface area (Å²) >= 11 is 0. The van der Waals surface area contributed by atoms with E-state index in [9.17, 15) is 23.4 Å². The molecule has 1 aromatic heterocycles. The lowest BCUT2D eigenvalue weighted by Gasteiger charge is -2.09. The Morgan fingerprint density at radius 1 is 1.06 bits per heavy atom. The minimum absolute atomic E-state index is 0.0769. The lowest BCUT2D eigenvalue weighted by molar-refractivity contribution is -0.141. The van der Waals surface area contributed by atoms with E-state index in [2.05, 4.69) is 4.98 Å². The summed E-state index contributed by atoms with van der Waals surface area (Å²) in [6.07, 6.45) is -4.66. The molecule has 2 aromatic rings. The van der Waals surface area contributed by atoms with Gasteiger partial charge in [0.25, 0.3) is 0 Å². The first-order valence-corrected chi connectivity index (χ1v) is 4.28. The number of alkyl halides is 3. The molecule has 1 heterocycles.